The van der Waals surface area contributed by atoms with E-state index in [2.05, 4.69) is 25.7 Å². The summed E-state index contributed by atoms with van der Waals surface area (Å²) in [6.45, 7) is 4.07. The van der Waals surface area contributed by atoms with E-state index in [1.807, 2.05) is 36.9 Å². The van der Waals surface area contributed by atoms with Crippen molar-refractivity contribution in [1.29, 1.82) is 5.26 Å². The number of nitrogens with zero attached hydrogens (tertiary/aromatic N) is 5. The maximum absolute atomic E-state index is 12.7. The maximum atomic E-state index is 12.7. The van der Waals surface area contributed by atoms with Gasteiger partial charge in [0.2, 0.25) is 5.95 Å². The minimum atomic E-state index is -0.315. The van der Waals surface area contributed by atoms with E-state index in [4.69, 9.17) is 21.6 Å². The van der Waals surface area contributed by atoms with Crippen LogP contribution in [-0.4, -0.2) is 32.8 Å². The molecule has 0 unspecified atom stereocenters. The van der Waals surface area contributed by atoms with Crippen LogP contribution in [-0.2, 0) is 0 Å². The number of aromatic nitrogens is 4. The van der Waals surface area contributed by atoms with E-state index in [1.165, 1.54) is 13.3 Å². The predicted molar refractivity (Wildman–Crippen MR) is 134 cm³/mol. The van der Waals surface area contributed by atoms with E-state index in [9.17, 15) is 4.79 Å². The third kappa shape index (κ3) is 5.39. The van der Waals surface area contributed by atoms with Crippen LogP contribution >= 0.6 is 11.6 Å². The fourth-order valence-corrected chi connectivity index (χ4v) is 3.43. The summed E-state index contributed by atoms with van der Waals surface area (Å²) in [5.41, 5.74) is 3.20. The Morgan fingerprint density at radius 3 is 2.60 bits per heavy atom. The molecule has 0 aliphatic heterocycles. The molecule has 2 heterocycles. The zero-order chi connectivity index (χ0) is 24.9. The van der Waals surface area contributed by atoms with Gasteiger partial charge in [0.1, 0.15) is 17.1 Å². The Morgan fingerprint density at radius 2 is 1.94 bits per heavy atom. The summed E-state index contributed by atoms with van der Waals surface area (Å²) in [7, 11) is 1.51. The van der Waals surface area contributed by atoms with E-state index in [-0.39, 0.29) is 11.9 Å². The lowest BCUT2D eigenvalue weighted by Crippen LogP contribution is -2.12. The van der Waals surface area contributed by atoms with E-state index in [1.54, 1.807) is 42.5 Å². The first kappa shape index (κ1) is 23.7. The van der Waals surface area contributed by atoms with Gasteiger partial charge in [0.15, 0.2) is 0 Å². The van der Waals surface area contributed by atoms with Gasteiger partial charge in [0.05, 0.1) is 35.6 Å². The molecule has 2 aromatic carbocycles. The lowest BCUT2D eigenvalue weighted by atomic mass is 10.1. The summed E-state index contributed by atoms with van der Waals surface area (Å²) in [4.78, 5) is 21.5. The molecule has 0 saturated heterocycles. The molecule has 35 heavy (non-hydrogen) atoms. The number of carbonyl (C=O) groups is 1. The maximum Gasteiger partial charge on any atom is 0.255 e. The number of carbonyl (C=O) groups excluding carboxylic acids is 1. The molecule has 9 nitrogen and oxygen atoms in total. The quantitative estimate of drug-likeness (QED) is 0.355. The SMILES string of the molecule is COc1cc(C(=O)Nc2ccc(C#N)cc2)ccc1Nc1ncc(Cl)c(-c2ccn(C(C)C)n2)n1. The molecule has 0 spiro atoms. The molecule has 0 radical (unpaired) electrons. The van der Waals surface area contributed by atoms with Crippen molar-refractivity contribution in [1.82, 2.24) is 19.7 Å². The van der Waals surface area contributed by atoms with Gasteiger partial charge in [0.25, 0.3) is 5.91 Å². The summed E-state index contributed by atoms with van der Waals surface area (Å²) >= 11 is 6.33. The van der Waals surface area contributed by atoms with Gasteiger partial charge in [-0.1, -0.05) is 11.6 Å². The van der Waals surface area contributed by atoms with Crippen molar-refractivity contribution in [3.63, 3.8) is 0 Å². The van der Waals surface area contributed by atoms with Crippen molar-refractivity contribution in [3.8, 4) is 23.2 Å². The molecule has 4 rings (SSSR count). The van der Waals surface area contributed by atoms with E-state index < -0.39 is 0 Å². The third-order valence-electron chi connectivity index (χ3n) is 5.11. The van der Waals surface area contributed by atoms with E-state index >= 15 is 0 Å². The van der Waals surface area contributed by atoms with Crippen molar-refractivity contribution in [2.45, 2.75) is 19.9 Å². The highest BCUT2D eigenvalue weighted by molar-refractivity contribution is 6.32. The molecule has 0 fully saturated rings. The Morgan fingerprint density at radius 1 is 1.17 bits per heavy atom. The largest absolute Gasteiger partial charge is 0.495 e. The number of rotatable bonds is 7. The monoisotopic (exact) mass is 487 g/mol. The topological polar surface area (TPSA) is 118 Å². The molecule has 0 atom stereocenters. The second kappa shape index (κ2) is 10.2. The second-order valence-corrected chi connectivity index (χ2v) is 8.26. The van der Waals surface area contributed by atoms with Gasteiger partial charge in [-0.05, 0) is 62.4 Å². The van der Waals surface area contributed by atoms with Gasteiger partial charge in [0, 0.05) is 23.5 Å². The zero-order valence-electron chi connectivity index (χ0n) is 19.3. The number of hydrogen-bond donors (Lipinski definition) is 2. The fourth-order valence-electron chi connectivity index (χ4n) is 3.25. The number of benzene rings is 2. The summed E-state index contributed by atoms with van der Waals surface area (Å²) in [5, 5.41) is 19.7. The Hall–Kier alpha value is -4.42. The minimum Gasteiger partial charge on any atom is -0.495 e. The summed E-state index contributed by atoms with van der Waals surface area (Å²) in [6.07, 6.45) is 3.38. The minimum absolute atomic E-state index is 0.207. The Labute approximate surface area is 207 Å². The number of nitriles is 1. The number of anilines is 3. The van der Waals surface area contributed by atoms with Gasteiger partial charge in [-0.2, -0.15) is 10.4 Å². The van der Waals surface area contributed by atoms with Gasteiger partial charge in [-0.3, -0.25) is 9.48 Å². The summed E-state index contributed by atoms with van der Waals surface area (Å²) in [5.74, 6) is 0.420. The van der Waals surface area contributed by atoms with Crippen LogP contribution in [0.4, 0.5) is 17.3 Å². The Kier molecular flexibility index (Phi) is 6.94. The first-order chi connectivity index (χ1) is 16.9. The number of amides is 1. The van der Waals surface area contributed by atoms with Crippen LogP contribution in [0.15, 0.2) is 60.9 Å². The van der Waals surface area contributed by atoms with Gasteiger partial charge < -0.3 is 15.4 Å². The molecule has 0 bridgehead atoms. The number of hydrogen-bond acceptors (Lipinski definition) is 7. The standard InChI is InChI=1S/C25H22ClN7O2/c1-15(2)33-11-10-21(32-33)23-19(26)14-28-25(31-23)30-20-9-6-17(12-22(20)35-3)24(34)29-18-7-4-16(13-27)5-8-18/h4-12,14-15H,1-3H3,(H,29,34)(H,28,30,31). The molecule has 2 aromatic heterocycles. The average Bonchev–Trinajstić information content (AvgIpc) is 3.36. The van der Waals surface area contributed by atoms with Crippen LogP contribution in [0.5, 0.6) is 5.75 Å². The van der Waals surface area contributed by atoms with Crippen LogP contribution < -0.4 is 15.4 Å². The molecule has 10 heteroatoms. The number of nitrogens with one attached hydrogen (secondary N) is 2. The summed E-state index contributed by atoms with van der Waals surface area (Å²) in [6, 6.07) is 15.7. The smallest absolute Gasteiger partial charge is 0.255 e. The molecule has 0 saturated carbocycles. The molecule has 176 valence electrons. The van der Waals surface area contributed by atoms with Crippen molar-refractivity contribution in [3.05, 3.63) is 77.1 Å². The van der Waals surface area contributed by atoms with E-state index in [0.717, 1.165) is 0 Å². The van der Waals surface area contributed by atoms with Gasteiger partial charge >= 0.3 is 0 Å². The van der Waals surface area contributed by atoms with Crippen LogP contribution in [0.2, 0.25) is 5.02 Å². The van der Waals surface area contributed by atoms with Crippen molar-refractivity contribution in [2.75, 3.05) is 17.7 Å². The highest BCUT2D eigenvalue weighted by Gasteiger charge is 2.15. The predicted octanol–water partition coefficient (Wildman–Crippen LogP) is 5.45. The van der Waals surface area contributed by atoms with Crippen LogP contribution in [0, 0.1) is 11.3 Å². The van der Waals surface area contributed by atoms with E-state index in [0.29, 0.717) is 50.6 Å². The average molecular weight is 488 g/mol. The first-order valence-corrected chi connectivity index (χ1v) is 11.1. The van der Waals surface area contributed by atoms with Crippen LogP contribution in [0.25, 0.3) is 11.4 Å². The highest BCUT2D eigenvalue weighted by atomic mass is 35.5. The molecular formula is C25H22ClN7O2. The molecule has 0 aliphatic rings. The first-order valence-electron chi connectivity index (χ1n) is 10.7. The normalized spacial score (nSPS) is 10.6. The second-order valence-electron chi connectivity index (χ2n) is 7.85. The van der Waals surface area contributed by atoms with Crippen molar-refractivity contribution >= 4 is 34.8 Å². The number of halogens is 1. The lowest BCUT2D eigenvalue weighted by Gasteiger charge is -2.13. The molecule has 0 aliphatic carbocycles. The number of ether oxygens (including phenoxy) is 1. The van der Waals surface area contributed by atoms with Crippen LogP contribution in [0.1, 0.15) is 35.8 Å². The highest BCUT2D eigenvalue weighted by Crippen LogP contribution is 2.30. The van der Waals surface area contributed by atoms with Crippen molar-refractivity contribution < 1.29 is 9.53 Å². The molecule has 2 N–H and O–H groups in total. The third-order valence-corrected chi connectivity index (χ3v) is 5.38. The fraction of sp³-hybridized carbons (Fsp3) is 0.160. The lowest BCUT2D eigenvalue weighted by molar-refractivity contribution is 0.102. The number of methoxy groups -OCH3 is 1. The summed E-state index contributed by atoms with van der Waals surface area (Å²) < 4.78 is 7.31. The Balaban J connectivity index is 1.54. The molecule has 1 amide bonds. The van der Waals surface area contributed by atoms with Gasteiger partial charge in [-0.25, -0.2) is 9.97 Å². The molecular weight excluding hydrogens is 466 g/mol. The molecule has 4 aromatic rings. The zero-order valence-corrected chi connectivity index (χ0v) is 20.0. The van der Waals surface area contributed by atoms with Crippen LogP contribution in [0.3, 0.4) is 0 Å². The van der Waals surface area contributed by atoms with Crippen molar-refractivity contribution in [2.24, 2.45) is 0 Å². The Bertz CT molecular complexity index is 1410. The van der Waals surface area contributed by atoms with Gasteiger partial charge in [-0.15, -0.1) is 0 Å².